The Kier molecular flexibility index (Phi) is 6.78. The molecule has 2 fully saturated rings. The molecule has 1 saturated carbocycles. The quantitative estimate of drug-likeness (QED) is 0.460. The number of nitrogens with one attached hydrogen (secondary N) is 1. The van der Waals surface area contributed by atoms with Gasteiger partial charge in [-0.2, -0.15) is 26.7 Å². The number of nitrogens with zero attached hydrogens (tertiary/aromatic N) is 6. The van der Waals surface area contributed by atoms with Crippen molar-refractivity contribution in [2.45, 2.75) is 75.7 Å². The Morgan fingerprint density at radius 1 is 1.12 bits per heavy atom. The molecule has 0 unspecified atom stereocenters. The highest BCUT2D eigenvalue weighted by molar-refractivity contribution is 7.90. The molecule has 3 aromatic heterocycles. The number of anilines is 1. The average Bonchev–Trinajstić information content (AvgIpc) is 3.22. The SMILES string of the molecule is CC1(C)C[C@@H]2CCCn3ccc(n3)S(=O)(=O)NC(=O)c3ccc(-n4ccc(OCCC5(C(F)(F)F)CC5)n4)nc3N1C2. The molecule has 1 N–H and O–H groups in total. The van der Waals surface area contributed by atoms with Gasteiger partial charge in [0.2, 0.25) is 5.88 Å². The van der Waals surface area contributed by atoms with Crippen molar-refractivity contribution in [2.24, 2.45) is 11.3 Å². The lowest BCUT2D eigenvalue weighted by Crippen LogP contribution is -2.41. The highest BCUT2D eigenvalue weighted by Crippen LogP contribution is 2.59. The van der Waals surface area contributed by atoms with E-state index in [1.165, 1.54) is 28.9 Å². The van der Waals surface area contributed by atoms with E-state index in [4.69, 9.17) is 9.72 Å². The van der Waals surface area contributed by atoms with Crippen molar-refractivity contribution in [3.8, 4) is 11.7 Å². The van der Waals surface area contributed by atoms with E-state index in [0.717, 1.165) is 19.3 Å². The van der Waals surface area contributed by atoms with E-state index in [2.05, 4.69) is 28.8 Å². The van der Waals surface area contributed by atoms with Crippen molar-refractivity contribution >= 4 is 21.7 Å². The third kappa shape index (κ3) is 5.34. The molecule has 42 heavy (non-hydrogen) atoms. The van der Waals surface area contributed by atoms with Gasteiger partial charge in [0.25, 0.3) is 15.9 Å². The summed E-state index contributed by atoms with van der Waals surface area (Å²) < 4.78 is 76.3. The third-order valence-corrected chi connectivity index (χ3v) is 9.75. The maximum absolute atomic E-state index is 13.4. The van der Waals surface area contributed by atoms with E-state index in [9.17, 15) is 26.4 Å². The van der Waals surface area contributed by atoms with Gasteiger partial charge in [-0.15, -0.1) is 5.10 Å². The fourth-order valence-corrected chi connectivity index (χ4v) is 6.88. The molecule has 1 aliphatic carbocycles. The van der Waals surface area contributed by atoms with E-state index >= 15 is 0 Å². The van der Waals surface area contributed by atoms with Crippen LogP contribution in [0.5, 0.6) is 5.88 Å². The van der Waals surface area contributed by atoms with Crippen LogP contribution in [0.25, 0.3) is 5.82 Å². The van der Waals surface area contributed by atoms with Crippen molar-refractivity contribution in [1.82, 2.24) is 29.3 Å². The number of hydrogen-bond donors (Lipinski definition) is 1. The zero-order chi connectivity index (χ0) is 29.9. The summed E-state index contributed by atoms with van der Waals surface area (Å²) in [5.74, 6) is 0.290. The van der Waals surface area contributed by atoms with E-state index in [0.29, 0.717) is 30.6 Å². The van der Waals surface area contributed by atoms with Crippen molar-refractivity contribution < 1.29 is 31.1 Å². The smallest absolute Gasteiger partial charge is 0.394 e. The first-order valence-corrected chi connectivity index (χ1v) is 15.4. The lowest BCUT2D eigenvalue weighted by atomic mass is 9.93. The topological polar surface area (TPSA) is 124 Å². The number of halogens is 3. The highest BCUT2D eigenvalue weighted by Gasteiger charge is 2.62. The minimum Gasteiger partial charge on any atom is -0.477 e. The standard InChI is InChI=1S/C27H32F3N7O4S/c1-25(2)16-18-4-3-12-35-13-8-22(33-35)42(39,40)34-24(38)19-5-6-20(31-23(19)36(25)17-18)37-14-7-21(32-37)41-15-11-26(9-10-26)27(28,29)30/h5-8,13-14,18H,3-4,9-12,15-17H2,1-2H3,(H,34,38)/t18-/m0/s1. The number of rotatable bonds is 5. The Morgan fingerprint density at radius 2 is 1.90 bits per heavy atom. The summed E-state index contributed by atoms with van der Waals surface area (Å²) in [4.78, 5) is 20.2. The minimum absolute atomic E-state index is 0.0815. The van der Waals surface area contributed by atoms with Crippen LogP contribution >= 0.6 is 0 Å². The number of hydrogen-bond acceptors (Lipinski definition) is 8. The number of ether oxygens (including phenoxy) is 1. The van der Waals surface area contributed by atoms with E-state index in [1.807, 2.05) is 4.90 Å². The molecule has 0 radical (unpaired) electrons. The van der Waals surface area contributed by atoms with Crippen molar-refractivity contribution in [1.29, 1.82) is 0 Å². The van der Waals surface area contributed by atoms with Gasteiger partial charge in [-0.25, -0.2) is 14.4 Å². The molecule has 1 amide bonds. The first-order chi connectivity index (χ1) is 19.8. The van der Waals surface area contributed by atoms with E-state index in [-0.39, 0.29) is 47.9 Å². The fourth-order valence-electron chi connectivity index (χ4n) is 5.97. The molecule has 5 heterocycles. The summed E-state index contributed by atoms with van der Waals surface area (Å²) in [6.07, 6.45) is 1.55. The lowest BCUT2D eigenvalue weighted by Gasteiger charge is -2.34. The maximum Gasteiger partial charge on any atom is 0.394 e. The van der Waals surface area contributed by atoms with Gasteiger partial charge >= 0.3 is 6.18 Å². The zero-order valence-electron chi connectivity index (χ0n) is 23.3. The Morgan fingerprint density at radius 3 is 2.64 bits per heavy atom. The van der Waals surface area contributed by atoms with Gasteiger partial charge in [0.05, 0.1) is 17.6 Å². The summed E-state index contributed by atoms with van der Waals surface area (Å²) >= 11 is 0. The van der Waals surface area contributed by atoms with Gasteiger partial charge in [0.1, 0.15) is 5.82 Å². The molecular formula is C27H32F3N7O4S. The molecule has 3 aromatic rings. The third-order valence-electron chi connectivity index (χ3n) is 8.52. The highest BCUT2D eigenvalue weighted by atomic mass is 32.2. The van der Waals surface area contributed by atoms with Gasteiger partial charge in [0, 0.05) is 37.1 Å². The van der Waals surface area contributed by atoms with Crippen LogP contribution in [-0.2, 0) is 16.6 Å². The van der Waals surface area contributed by atoms with Crippen LogP contribution in [0.15, 0.2) is 41.7 Å². The molecule has 226 valence electrons. The van der Waals surface area contributed by atoms with Crippen LogP contribution in [0.4, 0.5) is 19.0 Å². The van der Waals surface area contributed by atoms with Crippen molar-refractivity contribution in [3.05, 3.63) is 42.2 Å². The van der Waals surface area contributed by atoms with Crippen LogP contribution in [0, 0.1) is 11.3 Å². The van der Waals surface area contributed by atoms with Gasteiger partial charge in [-0.3, -0.25) is 9.48 Å². The Balaban J connectivity index is 1.29. The molecule has 2 aliphatic heterocycles. The van der Waals surface area contributed by atoms with E-state index < -0.39 is 27.5 Å². The second-order valence-electron chi connectivity index (χ2n) is 12.0. The van der Waals surface area contributed by atoms with Crippen LogP contribution < -0.4 is 14.4 Å². The number of pyridine rings is 1. The summed E-state index contributed by atoms with van der Waals surface area (Å²) in [6.45, 7) is 5.18. The molecule has 11 nitrogen and oxygen atoms in total. The number of aryl methyl sites for hydroxylation is 1. The second kappa shape index (κ2) is 9.99. The summed E-state index contributed by atoms with van der Waals surface area (Å²) in [5.41, 5.74) is -1.95. The molecule has 1 saturated heterocycles. The number of amides is 1. The molecule has 15 heteroatoms. The molecule has 0 spiro atoms. The van der Waals surface area contributed by atoms with Crippen molar-refractivity contribution in [2.75, 3.05) is 18.1 Å². The number of sulfonamides is 1. The minimum atomic E-state index is -4.25. The largest absolute Gasteiger partial charge is 0.477 e. The number of carbonyl (C=O) groups is 1. The Labute approximate surface area is 241 Å². The summed E-state index contributed by atoms with van der Waals surface area (Å²) in [5, 5.41) is 8.23. The first kappa shape index (κ1) is 28.5. The number of aromatic nitrogens is 5. The van der Waals surface area contributed by atoms with Gasteiger partial charge < -0.3 is 9.64 Å². The number of alkyl halides is 3. The molecule has 0 aromatic carbocycles. The van der Waals surface area contributed by atoms with Crippen LogP contribution in [-0.4, -0.2) is 63.7 Å². The summed E-state index contributed by atoms with van der Waals surface area (Å²) in [7, 11) is -4.23. The van der Waals surface area contributed by atoms with Crippen molar-refractivity contribution in [3.63, 3.8) is 0 Å². The molecule has 4 bridgehead atoms. The maximum atomic E-state index is 13.4. The Hall–Kier alpha value is -3.62. The molecular weight excluding hydrogens is 575 g/mol. The Bertz CT molecular complexity index is 1610. The molecule has 1 atom stereocenters. The van der Waals surface area contributed by atoms with Crippen LogP contribution in [0.2, 0.25) is 0 Å². The van der Waals surface area contributed by atoms with E-state index in [1.54, 1.807) is 17.1 Å². The second-order valence-corrected chi connectivity index (χ2v) is 13.6. The zero-order valence-corrected chi connectivity index (χ0v) is 24.1. The van der Waals surface area contributed by atoms with Crippen LogP contribution in [0.1, 0.15) is 62.7 Å². The predicted molar refractivity (Wildman–Crippen MR) is 145 cm³/mol. The van der Waals surface area contributed by atoms with Crippen LogP contribution in [0.3, 0.4) is 0 Å². The predicted octanol–water partition coefficient (Wildman–Crippen LogP) is 4.09. The summed E-state index contributed by atoms with van der Waals surface area (Å²) in [6, 6.07) is 5.93. The first-order valence-electron chi connectivity index (χ1n) is 13.9. The normalized spacial score (nSPS) is 22.6. The molecule has 6 rings (SSSR count). The molecule has 3 aliphatic rings. The average molecular weight is 608 g/mol. The van der Waals surface area contributed by atoms with Gasteiger partial charge in [-0.1, -0.05) is 0 Å². The van der Waals surface area contributed by atoms with Gasteiger partial charge in [0.15, 0.2) is 10.8 Å². The lowest BCUT2D eigenvalue weighted by molar-refractivity contribution is -0.190. The number of carbonyl (C=O) groups excluding carboxylic acids is 1. The number of fused-ring (bicyclic) bond motifs is 6. The monoisotopic (exact) mass is 607 g/mol. The van der Waals surface area contributed by atoms with Gasteiger partial charge in [-0.05, 0) is 76.5 Å². The fraction of sp³-hybridized carbons (Fsp3) is 0.556.